The minimum absolute atomic E-state index is 0.405. The monoisotopic (exact) mass is 158 g/mol. The summed E-state index contributed by atoms with van der Waals surface area (Å²) in [4.78, 5) is 2.14. The lowest BCUT2D eigenvalue weighted by Gasteiger charge is -2.25. The molecule has 64 valence electrons. The fourth-order valence-corrected chi connectivity index (χ4v) is 2.54. The van der Waals surface area contributed by atoms with Crippen LogP contribution >= 0.6 is 0 Å². The zero-order valence-corrected chi connectivity index (χ0v) is 6.89. The van der Waals surface area contributed by atoms with E-state index in [1.165, 1.54) is 0 Å². The highest BCUT2D eigenvalue weighted by Crippen LogP contribution is 2.40. The number of nitrogens with zero attached hydrogens (tertiary/aromatic N) is 1. The first-order valence-electron chi connectivity index (χ1n) is 4.24. The highest BCUT2D eigenvalue weighted by molar-refractivity contribution is 5.09. The van der Waals surface area contributed by atoms with Crippen molar-refractivity contribution in [2.75, 3.05) is 20.1 Å². The molecule has 0 aromatic rings. The Balaban J connectivity index is 2.20. The van der Waals surface area contributed by atoms with E-state index in [1.54, 1.807) is 0 Å². The van der Waals surface area contributed by atoms with Gasteiger partial charge in [-0.3, -0.25) is 0 Å². The van der Waals surface area contributed by atoms with Gasteiger partial charge in [0.25, 0.3) is 0 Å². The van der Waals surface area contributed by atoms with Crippen LogP contribution in [0.2, 0.25) is 0 Å². The van der Waals surface area contributed by atoms with Crippen LogP contribution < -0.4 is 5.73 Å². The Bertz CT molecular complexity index is 173. The molecule has 2 nitrogen and oxygen atoms in total. The van der Waals surface area contributed by atoms with Gasteiger partial charge in [-0.15, -0.1) is 0 Å². The number of rotatable bonds is 0. The van der Waals surface area contributed by atoms with Crippen LogP contribution in [0.15, 0.2) is 0 Å². The summed E-state index contributed by atoms with van der Waals surface area (Å²) in [7, 11) is 2.01. The van der Waals surface area contributed by atoms with Crippen molar-refractivity contribution in [3.8, 4) is 0 Å². The van der Waals surface area contributed by atoms with E-state index >= 15 is 0 Å². The van der Waals surface area contributed by atoms with Gasteiger partial charge in [0.2, 0.25) is 0 Å². The molecule has 0 spiro atoms. The highest BCUT2D eigenvalue weighted by atomic mass is 19.1. The number of likely N-dealkylation sites (tertiary alicyclic amines) is 1. The minimum Gasteiger partial charge on any atom is -0.321 e. The minimum atomic E-state index is -0.766. The second-order valence-electron chi connectivity index (χ2n) is 4.05. The van der Waals surface area contributed by atoms with E-state index in [0.717, 1.165) is 19.5 Å². The molecule has 3 atom stereocenters. The molecular formula is C8H15FN2. The van der Waals surface area contributed by atoms with E-state index in [1.807, 2.05) is 7.05 Å². The topological polar surface area (TPSA) is 29.3 Å². The van der Waals surface area contributed by atoms with E-state index in [-0.39, 0.29) is 0 Å². The predicted octanol–water partition coefficient (Wildman–Crippen LogP) is 0.377. The molecular weight excluding hydrogens is 143 g/mol. The van der Waals surface area contributed by atoms with Gasteiger partial charge in [0.15, 0.2) is 0 Å². The van der Waals surface area contributed by atoms with Crippen molar-refractivity contribution in [1.82, 2.24) is 4.90 Å². The summed E-state index contributed by atoms with van der Waals surface area (Å²) in [6.45, 7) is 1.72. The molecule has 11 heavy (non-hydrogen) atoms. The molecule has 1 aliphatic carbocycles. The third kappa shape index (κ3) is 0.908. The molecule has 0 radical (unpaired) electrons. The van der Waals surface area contributed by atoms with Crippen molar-refractivity contribution >= 4 is 0 Å². The maximum atomic E-state index is 13.3. The average Bonchev–Trinajstić information content (AvgIpc) is 2.32. The van der Waals surface area contributed by atoms with E-state index in [2.05, 4.69) is 4.90 Å². The number of likely N-dealkylation sites (N-methyl/N-ethyl adjacent to an activating group) is 1. The number of alkyl halides is 1. The van der Waals surface area contributed by atoms with Gasteiger partial charge in [-0.25, -0.2) is 4.39 Å². The molecule has 2 rings (SSSR count). The second-order valence-corrected chi connectivity index (χ2v) is 4.05. The molecule has 0 aromatic carbocycles. The average molecular weight is 158 g/mol. The Morgan fingerprint density at radius 1 is 1.55 bits per heavy atom. The maximum Gasteiger partial charge on any atom is 0.120 e. The van der Waals surface area contributed by atoms with E-state index in [0.29, 0.717) is 12.3 Å². The molecule has 0 amide bonds. The number of halogens is 1. The Kier molecular flexibility index (Phi) is 1.48. The summed E-state index contributed by atoms with van der Waals surface area (Å²) in [6, 6.07) is 0. The Morgan fingerprint density at radius 2 is 2.27 bits per heavy atom. The molecule has 1 heterocycles. The quantitative estimate of drug-likeness (QED) is 0.552. The van der Waals surface area contributed by atoms with E-state index < -0.39 is 11.7 Å². The molecule has 2 N–H and O–H groups in total. The summed E-state index contributed by atoms with van der Waals surface area (Å²) < 4.78 is 13.3. The highest BCUT2D eigenvalue weighted by Gasteiger charge is 2.52. The van der Waals surface area contributed by atoms with Crippen LogP contribution in [-0.2, 0) is 0 Å². The van der Waals surface area contributed by atoms with E-state index in [4.69, 9.17) is 5.73 Å². The van der Waals surface area contributed by atoms with Gasteiger partial charge in [-0.2, -0.15) is 0 Å². The van der Waals surface area contributed by atoms with Gasteiger partial charge in [0, 0.05) is 13.1 Å². The third-order valence-electron chi connectivity index (χ3n) is 3.19. The van der Waals surface area contributed by atoms with E-state index in [9.17, 15) is 4.39 Å². The fraction of sp³-hybridized carbons (Fsp3) is 1.00. The standard InChI is InChI=1S/C8H15FN2/c1-11-4-6-2-3-7(9)8(6,10)5-11/h6-7H,2-5,10H2,1H3/t6-,7+,8-/m1/s1. The summed E-state index contributed by atoms with van der Waals surface area (Å²) >= 11 is 0. The van der Waals surface area contributed by atoms with Crippen molar-refractivity contribution in [3.63, 3.8) is 0 Å². The molecule has 1 saturated heterocycles. The lowest BCUT2D eigenvalue weighted by molar-refractivity contribution is 0.206. The van der Waals surface area contributed by atoms with Crippen LogP contribution in [0, 0.1) is 5.92 Å². The Morgan fingerprint density at radius 3 is 2.91 bits per heavy atom. The normalized spacial score (nSPS) is 51.5. The first-order valence-corrected chi connectivity index (χ1v) is 4.24. The van der Waals surface area contributed by atoms with Crippen molar-refractivity contribution in [3.05, 3.63) is 0 Å². The zero-order chi connectivity index (χ0) is 8.06. The summed E-state index contributed by atoms with van der Waals surface area (Å²) in [5, 5.41) is 0. The number of hydrogen-bond acceptors (Lipinski definition) is 2. The Labute approximate surface area is 66.5 Å². The lowest BCUT2D eigenvalue weighted by atomic mass is 9.91. The van der Waals surface area contributed by atoms with Crippen molar-refractivity contribution in [2.24, 2.45) is 11.7 Å². The van der Waals surface area contributed by atoms with Gasteiger partial charge in [-0.05, 0) is 25.8 Å². The van der Waals surface area contributed by atoms with Crippen LogP contribution in [0.5, 0.6) is 0 Å². The molecule has 3 heteroatoms. The van der Waals surface area contributed by atoms with Crippen LogP contribution in [-0.4, -0.2) is 36.7 Å². The van der Waals surface area contributed by atoms with Gasteiger partial charge in [-0.1, -0.05) is 0 Å². The van der Waals surface area contributed by atoms with Gasteiger partial charge >= 0.3 is 0 Å². The van der Waals surface area contributed by atoms with Crippen LogP contribution in [0.4, 0.5) is 4.39 Å². The van der Waals surface area contributed by atoms with Crippen LogP contribution in [0.25, 0.3) is 0 Å². The molecule has 2 aliphatic rings. The van der Waals surface area contributed by atoms with Crippen LogP contribution in [0.3, 0.4) is 0 Å². The zero-order valence-electron chi connectivity index (χ0n) is 6.89. The molecule has 0 aromatic heterocycles. The van der Waals surface area contributed by atoms with Crippen molar-refractivity contribution in [1.29, 1.82) is 0 Å². The Hall–Kier alpha value is -0.150. The number of hydrogen-bond donors (Lipinski definition) is 1. The molecule has 1 saturated carbocycles. The fourth-order valence-electron chi connectivity index (χ4n) is 2.54. The number of fused-ring (bicyclic) bond motifs is 1. The van der Waals surface area contributed by atoms with Gasteiger partial charge in [0.1, 0.15) is 6.17 Å². The number of nitrogens with two attached hydrogens (primary N) is 1. The predicted molar refractivity (Wildman–Crippen MR) is 42.0 cm³/mol. The first-order chi connectivity index (χ1) is 5.13. The second kappa shape index (κ2) is 2.17. The summed E-state index contributed by atoms with van der Waals surface area (Å²) in [5.74, 6) is 0.405. The molecule has 2 fully saturated rings. The molecule has 1 aliphatic heterocycles. The third-order valence-corrected chi connectivity index (χ3v) is 3.19. The summed E-state index contributed by atoms with van der Waals surface area (Å²) in [5.41, 5.74) is 5.48. The van der Waals surface area contributed by atoms with Crippen molar-refractivity contribution in [2.45, 2.75) is 24.6 Å². The smallest absolute Gasteiger partial charge is 0.120 e. The van der Waals surface area contributed by atoms with Gasteiger partial charge in [0.05, 0.1) is 5.54 Å². The van der Waals surface area contributed by atoms with Gasteiger partial charge < -0.3 is 10.6 Å². The van der Waals surface area contributed by atoms with Crippen molar-refractivity contribution < 1.29 is 4.39 Å². The summed E-state index contributed by atoms with van der Waals surface area (Å²) in [6.07, 6.45) is 0.884. The molecule has 0 unspecified atom stereocenters. The SMILES string of the molecule is CN1C[C@H]2CC[C@H](F)[C@@]2(N)C1. The maximum absolute atomic E-state index is 13.3. The molecule has 0 bridgehead atoms. The largest absolute Gasteiger partial charge is 0.321 e. The van der Waals surface area contributed by atoms with Crippen LogP contribution in [0.1, 0.15) is 12.8 Å². The lowest BCUT2D eigenvalue weighted by Crippen LogP contribution is -2.51. The first kappa shape index (κ1) is 7.50.